The van der Waals surface area contributed by atoms with E-state index < -0.39 is 34.8 Å². The van der Waals surface area contributed by atoms with Crippen molar-refractivity contribution in [3.05, 3.63) is 71.2 Å². The Kier molecular flexibility index (Phi) is 8.26. The monoisotopic (exact) mass is 527 g/mol. The molecule has 0 unspecified atom stereocenters. The Balaban J connectivity index is 1.50. The van der Waals surface area contributed by atoms with Gasteiger partial charge in [-0.05, 0) is 55.1 Å². The number of amides is 1. The van der Waals surface area contributed by atoms with Crippen LogP contribution in [0, 0.1) is 17.5 Å². The highest BCUT2D eigenvalue weighted by Crippen LogP contribution is 2.34. The van der Waals surface area contributed by atoms with Gasteiger partial charge in [-0.25, -0.2) is 18.2 Å². The van der Waals surface area contributed by atoms with Gasteiger partial charge in [-0.2, -0.15) is 0 Å². The number of ether oxygens (including phenoxy) is 1. The fraction of sp³-hybridized carbons (Fsp3) is 0.379. The SMILES string of the molecule is CC(C)(C)c1ccc(NC(=O)c2ccc(-c3ncc(F)c(F)c3F)cc2O)cc1OCCN1CCCCC1. The highest BCUT2D eigenvalue weighted by atomic mass is 19.2. The van der Waals surface area contributed by atoms with E-state index in [1.165, 1.54) is 31.4 Å². The number of phenolic OH excluding ortho intramolecular Hbond substituents is 1. The summed E-state index contributed by atoms with van der Waals surface area (Å²) in [6.45, 7) is 9.76. The number of aromatic nitrogens is 1. The van der Waals surface area contributed by atoms with E-state index in [9.17, 15) is 23.1 Å². The number of halogens is 3. The van der Waals surface area contributed by atoms with Gasteiger partial charge in [-0.3, -0.25) is 9.69 Å². The number of phenols is 1. The van der Waals surface area contributed by atoms with Crippen molar-refractivity contribution in [1.29, 1.82) is 0 Å². The predicted octanol–water partition coefficient (Wildman–Crippen LogP) is 6.29. The van der Waals surface area contributed by atoms with Crippen LogP contribution in [-0.4, -0.2) is 47.1 Å². The standard InChI is InChI=1S/C29H32F3N3O3/c1-29(2,3)21-10-8-19(16-24(21)38-14-13-35-11-5-4-6-12-35)34-28(37)20-9-7-18(15-23(20)36)27-26(32)25(31)22(30)17-33-27/h7-10,15-17,36H,4-6,11-14H2,1-3H3,(H,34,37). The Morgan fingerprint density at radius 1 is 1.05 bits per heavy atom. The molecule has 0 spiro atoms. The molecule has 9 heteroatoms. The van der Waals surface area contributed by atoms with Crippen molar-refractivity contribution in [2.45, 2.75) is 45.4 Å². The second-order valence-corrected chi connectivity index (χ2v) is 10.5. The average molecular weight is 528 g/mol. The largest absolute Gasteiger partial charge is 0.507 e. The lowest BCUT2D eigenvalue weighted by Crippen LogP contribution is -2.33. The number of rotatable bonds is 7. The van der Waals surface area contributed by atoms with E-state index in [1.54, 1.807) is 12.1 Å². The molecule has 1 aliphatic rings. The number of pyridine rings is 1. The molecule has 3 aromatic rings. The van der Waals surface area contributed by atoms with Crippen LogP contribution in [0.1, 0.15) is 56.0 Å². The van der Waals surface area contributed by atoms with Crippen LogP contribution in [0.4, 0.5) is 18.9 Å². The second-order valence-electron chi connectivity index (χ2n) is 10.5. The van der Waals surface area contributed by atoms with Crippen LogP contribution in [0.25, 0.3) is 11.3 Å². The molecular weight excluding hydrogens is 495 g/mol. The fourth-order valence-electron chi connectivity index (χ4n) is 4.52. The van der Waals surface area contributed by atoms with E-state index in [0.717, 1.165) is 31.3 Å². The molecule has 0 saturated carbocycles. The first-order valence-electron chi connectivity index (χ1n) is 12.7. The molecule has 2 heterocycles. The van der Waals surface area contributed by atoms with Gasteiger partial charge in [0.1, 0.15) is 23.8 Å². The normalized spacial score (nSPS) is 14.4. The third-order valence-electron chi connectivity index (χ3n) is 6.59. The molecular formula is C29H32F3N3O3. The summed E-state index contributed by atoms with van der Waals surface area (Å²) in [5, 5.41) is 13.2. The molecule has 202 valence electrons. The maximum atomic E-state index is 14.1. The lowest BCUT2D eigenvalue weighted by atomic mass is 9.86. The number of benzene rings is 2. The summed E-state index contributed by atoms with van der Waals surface area (Å²) in [5.74, 6) is -4.95. The molecule has 0 bridgehead atoms. The molecule has 1 aliphatic heterocycles. The van der Waals surface area contributed by atoms with E-state index in [0.29, 0.717) is 24.2 Å². The van der Waals surface area contributed by atoms with Gasteiger partial charge >= 0.3 is 0 Å². The van der Waals surface area contributed by atoms with E-state index in [1.807, 2.05) is 6.07 Å². The number of hydrogen-bond donors (Lipinski definition) is 2. The number of nitrogens with zero attached hydrogens (tertiary/aromatic N) is 2. The average Bonchev–Trinajstić information content (AvgIpc) is 2.87. The van der Waals surface area contributed by atoms with Crippen LogP contribution in [0.3, 0.4) is 0 Å². The molecule has 38 heavy (non-hydrogen) atoms. The highest BCUT2D eigenvalue weighted by Gasteiger charge is 2.22. The zero-order valence-corrected chi connectivity index (χ0v) is 21.8. The number of carbonyl (C=O) groups excluding carboxylic acids is 1. The minimum atomic E-state index is -1.66. The molecule has 1 aromatic heterocycles. The summed E-state index contributed by atoms with van der Waals surface area (Å²) in [4.78, 5) is 18.9. The molecule has 4 rings (SSSR count). The Labute approximate surface area is 220 Å². The van der Waals surface area contributed by atoms with Crippen LogP contribution < -0.4 is 10.1 Å². The fourth-order valence-corrected chi connectivity index (χ4v) is 4.52. The Hall–Kier alpha value is -3.59. The van der Waals surface area contributed by atoms with Crippen molar-refractivity contribution >= 4 is 11.6 Å². The topological polar surface area (TPSA) is 74.7 Å². The number of anilines is 1. The van der Waals surface area contributed by atoms with E-state index in [2.05, 4.69) is 36.0 Å². The lowest BCUT2D eigenvalue weighted by Gasteiger charge is -2.27. The van der Waals surface area contributed by atoms with Gasteiger partial charge < -0.3 is 15.2 Å². The van der Waals surface area contributed by atoms with Gasteiger partial charge in [-0.1, -0.05) is 39.3 Å². The quantitative estimate of drug-likeness (QED) is 0.378. The molecule has 1 saturated heterocycles. The molecule has 0 aliphatic carbocycles. The number of aromatic hydroxyl groups is 1. The number of nitrogens with one attached hydrogen (secondary N) is 1. The van der Waals surface area contributed by atoms with Gasteiger partial charge in [0.2, 0.25) is 0 Å². The Bertz CT molecular complexity index is 1320. The smallest absolute Gasteiger partial charge is 0.259 e. The maximum Gasteiger partial charge on any atom is 0.259 e. The first kappa shape index (κ1) is 27.4. The minimum Gasteiger partial charge on any atom is -0.507 e. The van der Waals surface area contributed by atoms with E-state index in [4.69, 9.17) is 4.74 Å². The van der Waals surface area contributed by atoms with Crippen molar-refractivity contribution in [3.63, 3.8) is 0 Å². The summed E-state index contributed by atoms with van der Waals surface area (Å²) in [5.41, 5.74) is 0.740. The van der Waals surface area contributed by atoms with Crippen LogP contribution in [0.5, 0.6) is 11.5 Å². The van der Waals surface area contributed by atoms with Crippen molar-refractivity contribution in [2.24, 2.45) is 0 Å². The van der Waals surface area contributed by atoms with Crippen molar-refractivity contribution in [3.8, 4) is 22.8 Å². The summed E-state index contributed by atoms with van der Waals surface area (Å²) < 4.78 is 47.1. The van der Waals surface area contributed by atoms with Crippen LogP contribution in [0.2, 0.25) is 0 Å². The molecule has 2 N–H and O–H groups in total. The van der Waals surface area contributed by atoms with Crippen LogP contribution >= 0.6 is 0 Å². The number of hydrogen-bond acceptors (Lipinski definition) is 5. The first-order valence-corrected chi connectivity index (χ1v) is 12.7. The Morgan fingerprint density at radius 2 is 1.79 bits per heavy atom. The van der Waals surface area contributed by atoms with Gasteiger partial charge in [0.25, 0.3) is 5.91 Å². The van der Waals surface area contributed by atoms with E-state index in [-0.39, 0.29) is 16.5 Å². The summed E-state index contributed by atoms with van der Waals surface area (Å²) in [6.07, 6.45) is 4.23. The van der Waals surface area contributed by atoms with Crippen molar-refractivity contribution in [1.82, 2.24) is 9.88 Å². The zero-order chi connectivity index (χ0) is 27.4. The molecule has 1 amide bonds. The van der Waals surface area contributed by atoms with Gasteiger partial charge in [0.05, 0.1) is 11.8 Å². The predicted molar refractivity (Wildman–Crippen MR) is 140 cm³/mol. The molecule has 0 atom stereocenters. The number of likely N-dealkylation sites (tertiary alicyclic amines) is 1. The van der Waals surface area contributed by atoms with E-state index >= 15 is 0 Å². The lowest BCUT2D eigenvalue weighted by molar-refractivity contribution is 0.102. The Morgan fingerprint density at radius 3 is 2.47 bits per heavy atom. The number of carbonyl (C=O) groups is 1. The second kappa shape index (κ2) is 11.4. The van der Waals surface area contributed by atoms with Crippen LogP contribution in [-0.2, 0) is 5.41 Å². The molecule has 6 nitrogen and oxygen atoms in total. The summed E-state index contributed by atoms with van der Waals surface area (Å²) in [6, 6.07) is 9.08. The third kappa shape index (κ3) is 6.27. The zero-order valence-electron chi connectivity index (χ0n) is 21.8. The van der Waals surface area contributed by atoms with Gasteiger partial charge in [0.15, 0.2) is 17.5 Å². The maximum absolute atomic E-state index is 14.1. The first-order chi connectivity index (χ1) is 18.0. The van der Waals surface area contributed by atoms with Gasteiger partial charge in [0, 0.05) is 23.9 Å². The van der Waals surface area contributed by atoms with Gasteiger partial charge in [-0.15, -0.1) is 0 Å². The summed E-state index contributed by atoms with van der Waals surface area (Å²) >= 11 is 0. The van der Waals surface area contributed by atoms with Crippen molar-refractivity contribution < 1.29 is 27.8 Å². The molecule has 0 radical (unpaired) electrons. The molecule has 1 fully saturated rings. The highest BCUT2D eigenvalue weighted by molar-refractivity contribution is 6.06. The van der Waals surface area contributed by atoms with Crippen LogP contribution in [0.15, 0.2) is 42.6 Å². The minimum absolute atomic E-state index is 0.00521. The third-order valence-corrected chi connectivity index (χ3v) is 6.59. The van der Waals surface area contributed by atoms with Crippen molar-refractivity contribution in [2.75, 3.05) is 31.6 Å². The number of piperidine rings is 1. The summed E-state index contributed by atoms with van der Waals surface area (Å²) in [7, 11) is 0. The molecule has 2 aromatic carbocycles.